The molecule has 0 saturated carbocycles. The van der Waals surface area contributed by atoms with Gasteiger partial charge in [0.15, 0.2) is 5.65 Å². The molecule has 0 saturated heterocycles. The number of pyridine rings is 1. The molecule has 0 aliphatic heterocycles. The first kappa shape index (κ1) is 14.6. The molecule has 3 rings (SSSR count). The van der Waals surface area contributed by atoms with Crippen LogP contribution in [0.3, 0.4) is 0 Å². The third kappa shape index (κ3) is 2.34. The molecule has 0 aromatic carbocycles. The van der Waals surface area contributed by atoms with Crippen LogP contribution >= 0.6 is 0 Å². The van der Waals surface area contributed by atoms with Crippen molar-refractivity contribution >= 4 is 11.0 Å². The first-order chi connectivity index (χ1) is 10.4. The number of nitrogens with zero attached hydrogens (tertiary/aromatic N) is 5. The normalized spacial score (nSPS) is 12.2. The molecule has 0 spiro atoms. The summed E-state index contributed by atoms with van der Waals surface area (Å²) in [7, 11) is 0. The lowest BCUT2D eigenvalue weighted by Gasteiger charge is -2.10. The van der Waals surface area contributed by atoms with Gasteiger partial charge in [-0.1, -0.05) is 0 Å². The highest BCUT2D eigenvalue weighted by molar-refractivity contribution is 5.82. The largest absolute Gasteiger partial charge is 0.417 e. The zero-order chi connectivity index (χ0) is 15.9. The lowest BCUT2D eigenvalue weighted by Crippen LogP contribution is -2.07. The summed E-state index contributed by atoms with van der Waals surface area (Å²) in [6.45, 7) is 4.80. The van der Waals surface area contributed by atoms with Crippen molar-refractivity contribution in [3.8, 4) is 11.3 Å². The molecule has 8 heteroatoms. The van der Waals surface area contributed by atoms with Crippen LogP contribution in [0.5, 0.6) is 0 Å². The van der Waals surface area contributed by atoms with Gasteiger partial charge in [-0.2, -0.15) is 23.4 Å². The first-order valence-electron chi connectivity index (χ1n) is 6.90. The van der Waals surface area contributed by atoms with E-state index in [0.29, 0.717) is 18.7 Å². The molecule has 0 aliphatic carbocycles. The molecule has 3 heterocycles. The van der Waals surface area contributed by atoms with E-state index in [0.717, 1.165) is 6.07 Å². The molecule has 0 radical (unpaired) electrons. The topological polar surface area (TPSA) is 48.5 Å². The van der Waals surface area contributed by atoms with Crippen LogP contribution < -0.4 is 0 Å². The Bertz CT molecular complexity index is 816. The number of halogens is 3. The summed E-state index contributed by atoms with van der Waals surface area (Å²) in [6.07, 6.45) is -0.0440. The molecule has 22 heavy (non-hydrogen) atoms. The Morgan fingerprint density at radius 1 is 1.09 bits per heavy atom. The molecule has 0 amide bonds. The summed E-state index contributed by atoms with van der Waals surface area (Å²) in [5, 5.41) is 8.08. The summed E-state index contributed by atoms with van der Waals surface area (Å²) >= 11 is 0. The molecule has 0 aliphatic rings. The first-order valence-corrected chi connectivity index (χ1v) is 6.90. The van der Waals surface area contributed by atoms with E-state index in [-0.39, 0.29) is 16.7 Å². The fourth-order valence-corrected chi connectivity index (χ4v) is 2.33. The summed E-state index contributed by atoms with van der Waals surface area (Å²) < 4.78 is 43.0. The van der Waals surface area contributed by atoms with Crippen molar-refractivity contribution in [2.24, 2.45) is 0 Å². The lowest BCUT2D eigenvalue weighted by molar-refractivity contribution is -0.136. The number of aromatic nitrogens is 5. The van der Waals surface area contributed by atoms with Gasteiger partial charge in [-0.3, -0.25) is 4.68 Å². The minimum absolute atomic E-state index is 0.0148. The fraction of sp³-hybridized carbons (Fsp3) is 0.357. The van der Waals surface area contributed by atoms with Crippen LogP contribution in [-0.4, -0.2) is 24.5 Å². The highest BCUT2D eigenvalue weighted by Gasteiger charge is 2.34. The van der Waals surface area contributed by atoms with Crippen LogP contribution in [0, 0.1) is 0 Å². The molecular weight excluding hydrogens is 295 g/mol. The van der Waals surface area contributed by atoms with Gasteiger partial charge in [-0.15, -0.1) is 0 Å². The maximum Gasteiger partial charge on any atom is 0.417 e. The van der Waals surface area contributed by atoms with Crippen LogP contribution in [0.1, 0.15) is 19.4 Å². The van der Waals surface area contributed by atoms with Gasteiger partial charge in [0.2, 0.25) is 0 Å². The Morgan fingerprint density at radius 3 is 2.45 bits per heavy atom. The van der Waals surface area contributed by atoms with Crippen LogP contribution in [0.2, 0.25) is 0 Å². The average Bonchev–Trinajstić information content (AvgIpc) is 3.11. The van der Waals surface area contributed by atoms with Crippen molar-refractivity contribution < 1.29 is 13.2 Å². The number of rotatable bonds is 3. The van der Waals surface area contributed by atoms with E-state index in [1.807, 2.05) is 13.8 Å². The number of fused-ring (bicyclic) bond motifs is 1. The molecule has 0 bridgehead atoms. The Morgan fingerprint density at radius 2 is 1.86 bits per heavy atom. The quantitative estimate of drug-likeness (QED) is 0.745. The predicted octanol–water partition coefficient (Wildman–Crippen LogP) is 3.35. The van der Waals surface area contributed by atoms with Crippen molar-refractivity contribution in [2.45, 2.75) is 33.1 Å². The molecule has 3 aromatic rings. The van der Waals surface area contributed by atoms with E-state index in [4.69, 9.17) is 0 Å². The molecule has 3 aromatic heterocycles. The van der Waals surface area contributed by atoms with Crippen LogP contribution in [0.4, 0.5) is 13.2 Å². The van der Waals surface area contributed by atoms with E-state index >= 15 is 0 Å². The second-order valence-electron chi connectivity index (χ2n) is 4.84. The second-order valence-corrected chi connectivity index (χ2v) is 4.84. The Kier molecular flexibility index (Phi) is 3.38. The minimum Gasteiger partial charge on any atom is -0.272 e. The highest BCUT2D eigenvalue weighted by Crippen LogP contribution is 2.36. The number of alkyl halides is 3. The van der Waals surface area contributed by atoms with Crippen molar-refractivity contribution in [2.75, 3.05) is 0 Å². The van der Waals surface area contributed by atoms with Crippen molar-refractivity contribution in [1.29, 1.82) is 0 Å². The van der Waals surface area contributed by atoms with Crippen LogP contribution in [-0.2, 0) is 19.3 Å². The summed E-state index contributed by atoms with van der Waals surface area (Å²) in [5.74, 6) is 0. The second kappa shape index (κ2) is 5.11. The third-order valence-electron chi connectivity index (χ3n) is 3.47. The monoisotopic (exact) mass is 309 g/mol. The van der Waals surface area contributed by atoms with E-state index in [1.165, 1.54) is 17.1 Å². The summed E-state index contributed by atoms with van der Waals surface area (Å²) in [4.78, 5) is 4.35. The average molecular weight is 309 g/mol. The SMILES string of the molecule is CCn1cc(-c2cc(C(F)(F)F)c3cnn(CC)c3n2)cn1. The smallest absolute Gasteiger partial charge is 0.272 e. The fourth-order valence-electron chi connectivity index (χ4n) is 2.33. The highest BCUT2D eigenvalue weighted by atomic mass is 19.4. The van der Waals surface area contributed by atoms with Gasteiger partial charge >= 0.3 is 6.18 Å². The molecule has 5 nitrogen and oxygen atoms in total. The number of hydrogen-bond acceptors (Lipinski definition) is 3. The molecular formula is C14H14F3N5. The molecule has 116 valence electrons. The molecule has 0 unspecified atom stereocenters. The van der Waals surface area contributed by atoms with Gasteiger partial charge in [0.1, 0.15) is 0 Å². The zero-order valence-electron chi connectivity index (χ0n) is 12.1. The van der Waals surface area contributed by atoms with Gasteiger partial charge in [0.25, 0.3) is 0 Å². The Labute approximate surface area is 124 Å². The van der Waals surface area contributed by atoms with Gasteiger partial charge < -0.3 is 0 Å². The van der Waals surface area contributed by atoms with Gasteiger partial charge in [0.05, 0.1) is 29.0 Å². The standard InChI is InChI=1S/C14H14F3N5/c1-3-21-8-9(6-18-21)12-5-11(14(15,16)17)10-7-19-22(4-2)13(10)20-12/h5-8H,3-4H2,1-2H3. The number of aryl methyl sites for hydroxylation is 2. The van der Waals surface area contributed by atoms with Crippen molar-refractivity contribution in [3.05, 3.63) is 30.2 Å². The molecule has 0 fully saturated rings. The van der Waals surface area contributed by atoms with Gasteiger partial charge in [0, 0.05) is 24.8 Å². The summed E-state index contributed by atoms with van der Waals surface area (Å²) in [5.41, 5.74) is 0.306. The van der Waals surface area contributed by atoms with E-state index in [2.05, 4.69) is 15.2 Å². The zero-order valence-corrected chi connectivity index (χ0v) is 12.1. The molecule has 0 atom stereocenters. The Hall–Kier alpha value is -2.38. The van der Waals surface area contributed by atoms with E-state index in [1.54, 1.807) is 10.9 Å². The van der Waals surface area contributed by atoms with Crippen molar-refractivity contribution in [1.82, 2.24) is 24.5 Å². The summed E-state index contributed by atoms with van der Waals surface area (Å²) in [6, 6.07) is 1.06. The van der Waals surface area contributed by atoms with Crippen LogP contribution in [0.15, 0.2) is 24.7 Å². The Balaban J connectivity index is 2.26. The maximum atomic E-state index is 13.3. The number of hydrogen-bond donors (Lipinski definition) is 0. The minimum atomic E-state index is -4.46. The lowest BCUT2D eigenvalue weighted by atomic mass is 10.1. The predicted molar refractivity (Wildman–Crippen MR) is 75.1 cm³/mol. The van der Waals surface area contributed by atoms with Crippen molar-refractivity contribution in [3.63, 3.8) is 0 Å². The van der Waals surface area contributed by atoms with Crippen LogP contribution in [0.25, 0.3) is 22.3 Å². The van der Waals surface area contributed by atoms with E-state index < -0.39 is 11.7 Å². The van der Waals surface area contributed by atoms with Gasteiger partial charge in [-0.25, -0.2) is 9.67 Å². The third-order valence-corrected chi connectivity index (χ3v) is 3.47. The van der Waals surface area contributed by atoms with E-state index in [9.17, 15) is 13.2 Å². The maximum absolute atomic E-state index is 13.3. The molecule has 0 N–H and O–H groups in total. The van der Waals surface area contributed by atoms with Gasteiger partial charge in [-0.05, 0) is 19.9 Å².